The molecule has 2 rings (SSSR count). The van der Waals surface area contributed by atoms with E-state index in [2.05, 4.69) is 10.3 Å². The number of nitrogens with zero attached hydrogens (tertiary/aromatic N) is 1. The smallest absolute Gasteiger partial charge is 0.227 e. The fourth-order valence-corrected chi connectivity index (χ4v) is 2.18. The number of carbonyl (C=O) groups excluding carboxylic acids is 1. The number of amides is 1. The molecule has 0 bridgehead atoms. The first-order chi connectivity index (χ1) is 8.13. The predicted molar refractivity (Wildman–Crippen MR) is 66.1 cm³/mol. The Morgan fingerprint density at radius 1 is 1.65 bits per heavy atom. The first kappa shape index (κ1) is 12.3. The van der Waals surface area contributed by atoms with Crippen molar-refractivity contribution in [1.29, 1.82) is 0 Å². The van der Waals surface area contributed by atoms with Crippen molar-refractivity contribution < 1.29 is 9.53 Å². The molecular weight excluding hydrogens is 240 g/mol. The van der Waals surface area contributed by atoms with E-state index in [0.29, 0.717) is 17.3 Å². The standard InChI is InChI=1S/C12H15ClN2O2/c1-17-12(4-2-5-12)8-11(16)15-9-3-6-14-10(13)7-9/h3,6-7H,2,4-5,8H2,1H3,(H,14,15,16). The monoisotopic (exact) mass is 254 g/mol. The highest BCUT2D eigenvalue weighted by Crippen LogP contribution is 2.38. The van der Waals surface area contributed by atoms with E-state index in [1.807, 2.05) is 0 Å². The van der Waals surface area contributed by atoms with Crippen molar-refractivity contribution >= 4 is 23.2 Å². The summed E-state index contributed by atoms with van der Waals surface area (Å²) >= 11 is 5.74. The molecule has 0 aromatic carbocycles. The molecule has 1 aliphatic carbocycles. The van der Waals surface area contributed by atoms with Crippen LogP contribution in [0, 0.1) is 0 Å². The summed E-state index contributed by atoms with van der Waals surface area (Å²) in [6.07, 6.45) is 4.99. The van der Waals surface area contributed by atoms with Crippen LogP contribution in [0.2, 0.25) is 5.15 Å². The van der Waals surface area contributed by atoms with E-state index in [1.54, 1.807) is 25.4 Å². The molecular formula is C12H15ClN2O2. The molecule has 1 aliphatic rings. The number of methoxy groups -OCH3 is 1. The largest absolute Gasteiger partial charge is 0.378 e. The van der Waals surface area contributed by atoms with Crippen LogP contribution in [0.25, 0.3) is 0 Å². The molecule has 1 fully saturated rings. The fourth-order valence-electron chi connectivity index (χ4n) is 2.00. The third-order valence-corrected chi connectivity index (χ3v) is 3.40. The molecule has 1 amide bonds. The van der Waals surface area contributed by atoms with Crippen LogP contribution in [0.15, 0.2) is 18.3 Å². The predicted octanol–water partition coefficient (Wildman–Crippen LogP) is 2.63. The van der Waals surface area contributed by atoms with E-state index in [-0.39, 0.29) is 11.5 Å². The third kappa shape index (κ3) is 2.96. The number of nitrogens with one attached hydrogen (secondary N) is 1. The van der Waals surface area contributed by atoms with Crippen LogP contribution >= 0.6 is 11.6 Å². The first-order valence-corrected chi connectivity index (χ1v) is 5.98. The molecule has 0 unspecified atom stereocenters. The van der Waals surface area contributed by atoms with Gasteiger partial charge in [0.25, 0.3) is 0 Å². The maximum absolute atomic E-state index is 11.8. The van der Waals surface area contributed by atoms with Crippen LogP contribution in [0.4, 0.5) is 5.69 Å². The van der Waals surface area contributed by atoms with E-state index < -0.39 is 0 Å². The minimum Gasteiger partial charge on any atom is -0.378 e. The van der Waals surface area contributed by atoms with Gasteiger partial charge in [0.1, 0.15) is 5.15 Å². The molecule has 17 heavy (non-hydrogen) atoms. The summed E-state index contributed by atoms with van der Waals surface area (Å²) in [4.78, 5) is 15.7. The molecule has 1 saturated carbocycles. The molecule has 5 heteroatoms. The summed E-state index contributed by atoms with van der Waals surface area (Å²) in [7, 11) is 1.66. The van der Waals surface area contributed by atoms with E-state index >= 15 is 0 Å². The van der Waals surface area contributed by atoms with Crippen molar-refractivity contribution in [3.8, 4) is 0 Å². The number of hydrogen-bond donors (Lipinski definition) is 1. The van der Waals surface area contributed by atoms with Gasteiger partial charge in [-0.25, -0.2) is 4.98 Å². The van der Waals surface area contributed by atoms with Crippen molar-refractivity contribution in [2.24, 2.45) is 0 Å². The Hall–Kier alpha value is -1.13. The topological polar surface area (TPSA) is 51.2 Å². The second-order valence-electron chi connectivity index (χ2n) is 4.33. The minimum atomic E-state index is -0.249. The van der Waals surface area contributed by atoms with Gasteiger partial charge in [-0.2, -0.15) is 0 Å². The molecule has 0 aliphatic heterocycles. The van der Waals surface area contributed by atoms with Gasteiger partial charge < -0.3 is 10.1 Å². The fraction of sp³-hybridized carbons (Fsp3) is 0.500. The molecule has 1 heterocycles. The molecule has 4 nitrogen and oxygen atoms in total. The van der Waals surface area contributed by atoms with Crippen molar-refractivity contribution in [1.82, 2.24) is 4.98 Å². The van der Waals surface area contributed by atoms with Crippen LogP contribution < -0.4 is 5.32 Å². The Morgan fingerprint density at radius 3 is 2.94 bits per heavy atom. The number of halogens is 1. The third-order valence-electron chi connectivity index (χ3n) is 3.19. The maximum atomic E-state index is 11.8. The zero-order chi connectivity index (χ0) is 12.3. The van der Waals surface area contributed by atoms with Gasteiger partial charge in [-0.3, -0.25) is 4.79 Å². The molecule has 0 radical (unpaired) electrons. The van der Waals surface area contributed by atoms with E-state index in [0.717, 1.165) is 19.3 Å². The number of pyridine rings is 1. The van der Waals surface area contributed by atoms with Crippen LogP contribution in [-0.4, -0.2) is 23.6 Å². The summed E-state index contributed by atoms with van der Waals surface area (Å²) in [5, 5.41) is 3.17. The highest BCUT2D eigenvalue weighted by molar-refractivity contribution is 6.29. The van der Waals surface area contributed by atoms with Gasteiger partial charge in [0.15, 0.2) is 0 Å². The van der Waals surface area contributed by atoms with Gasteiger partial charge in [0.05, 0.1) is 12.0 Å². The van der Waals surface area contributed by atoms with Gasteiger partial charge in [0, 0.05) is 19.0 Å². The van der Waals surface area contributed by atoms with Crippen LogP contribution in [-0.2, 0) is 9.53 Å². The SMILES string of the molecule is COC1(CC(=O)Nc2ccnc(Cl)c2)CCC1. The highest BCUT2D eigenvalue weighted by Gasteiger charge is 2.38. The second-order valence-corrected chi connectivity index (χ2v) is 4.72. The zero-order valence-corrected chi connectivity index (χ0v) is 10.5. The zero-order valence-electron chi connectivity index (χ0n) is 9.70. The van der Waals surface area contributed by atoms with Gasteiger partial charge in [-0.15, -0.1) is 0 Å². The number of rotatable bonds is 4. The average Bonchev–Trinajstić information content (AvgIpc) is 2.23. The van der Waals surface area contributed by atoms with Crippen LogP contribution in [0.5, 0.6) is 0 Å². The van der Waals surface area contributed by atoms with Crippen molar-refractivity contribution in [2.75, 3.05) is 12.4 Å². The van der Waals surface area contributed by atoms with E-state index in [4.69, 9.17) is 16.3 Å². The summed E-state index contributed by atoms with van der Waals surface area (Å²) in [6, 6.07) is 3.34. The molecule has 1 N–H and O–H groups in total. The van der Waals surface area contributed by atoms with Gasteiger partial charge >= 0.3 is 0 Å². The minimum absolute atomic E-state index is 0.0474. The first-order valence-electron chi connectivity index (χ1n) is 5.60. The average molecular weight is 255 g/mol. The molecule has 92 valence electrons. The lowest BCUT2D eigenvalue weighted by Gasteiger charge is -2.39. The number of carbonyl (C=O) groups is 1. The summed E-state index contributed by atoms with van der Waals surface area (Å²) in [5.74, 6) is -0.0474. The Labute approximate surface area is 105 Å². The van der Waals surface area contributed by atoms with Gasteiger partial charge in [0.2, 0.25) is 5.91 Å². The lowest BCUT2D eigenvalue weighted by atomic mass is 9.77. The Kier molecular flexibility index (Phi) is 3.64. The van der Waals surface area contributed by atoms with E-state index in [1.165, 1.54) is 0 Å². The Balaban J connectivity index is 1.93. The Morgan fingerprint density at radius 2 is 2.41 bits per heavy atom. The quantitative estimate of drug-likeness (QED) is 0.841. The summed E-state index contributed by atoms with van der Waals surface area (Å²) in [6.45, 7) is 0. The van der Waals surface area contributed by atoms with E-state index in [9.17, 15) is 4.79 Å². The highest BCUT2D eigenvalue weighted by atomic mass is 35.5. The Bertz CT molecular complexity index is 413. The van der Waals surface area contributed by atoms with Crippen molar-refractivity contribution in [3.63, 3.8) is 0 Å². The van der Waals surface area contributed by atoms with Crippen LogP contribution in [0.3, 0.4) is 0 Å². The number of anilines is 1. The van der Waals surface area contributed by atoms with Crippen molar-refractivity contribution in [2.45, 2.75) is 31.3 Å². The molecule has 0 saturated heterocycles. The molecule has 1 aromatic rings. The van der Waals surface area contributed by atoms with Crippen molar-refractivity contribution in [3.05, 3.63) is 23.5 Å². The number of ether oxygens (including phenoxy) is 1. The molecule has 0 atom stereocenters. The lowest BCUT2D eigenvalue weighted by Crippen LogP contribution is -2.42. The molecule has 1 aromatic heterocycles. The normalized spacial score (nSPS) is 17.3. The maximum Gasteiger partial charge on any atom is 0.227 e. The van der Waals surface area contributed by atoms with Gasteiger partial charge in [-0.1, -0.05) is 11.6 Å². The van der Waals surface area contributed by atoms with Crippen LogP contribution in [0.1, 0.15) is 25.7 Å². The second kappa shape index (κ2) is 5.02. The van der Waals surface area contributed by atoms with Gasteiger partial charge in [-0.05, 0) is 31.4 Å². The number of aromatic nitrogens is 1. The summed E-state index contributed by atoms with van der Waals surface area (Å²) in [5.41, 5.74) is 0.418. The number of hydrogen-bond acceptors (Lipinski definition) is 3. The summed E-state index contributed by atoms with van der Waals surface area (Å²) < 4.78 is 5.41. The lowest BCUT2D eigenvalue weighted by molar-refractivity contribution is -0.129. The molecule has 0 spiro atoms.